The number of hydrogen-bond donors (Lipinski definition) is 0. The predicted molar refractivity (Wildman–Crippen MR) is 57.2 cm³/mol. The molecule has 0 spiro atoms. The van der Waals surface area contributed by atoms with Gasteiger partial charge in [-0.15, -0.1) is 11.8 Å². The average molecular weight is 215 g/mol. The van der Waals surface area contributed by atoms with E-state index in [-0.39, 0.29) is 5.44 Å². The molecule has 1 nitrogen and oxygen atoms in total. The fraction of sp³-hybridized carbons (Fsp3) is 0.400. The molecule has 1 aromatic carbocycles. The van der Waals surface area contributed by atoms with Crippen molar-refractivity contribution < 1.29 is 4.74 Å². The van der Waals surface area contributed by atoms with Crippen molar-refractivity contribution in [2.45, 2.75) is 11.9 Å². The molecule has 0 amide bonds. The van der Waals surface area contributed by atoms with Crippen LogP contribution < -0.4 is 0 Å². The summed E-state index contributed by atoms with van der Waals surface area (Å²) in [4.78, 5) is 0. The summed E-state index contributed by atoms with van der Waals surface area (Å²) >= 11 is 7.66. The highest BCUT2D eigenvalue weighted by Gasteiger charge is 2.15. The molecule has 1 atom stereocenters. The van der Waals surface area contributed by atoms with Gasteiger partial charge in [0, 0.05) is 11.6 Å². The standard InChI is InChI=1S/C10H11ClOS/c11-9-4-2-8(3-5-9)10-12-6-1-7-13-10/h2-5,10H,1,6-7H2. The highest BCUT2D eigenvalue weighted by molar-refractivity contribution is 7.99. The van der Waals surface area contributed by atoms with Gasteiger partial charge in [-0.3, -0.25) is 0 Å². The molecular formula is C10H11ClOS. The molecule has 0 aliphatic carbocycles. The summed E-state index contributed by atoms with van der Waals surface area (Å²) in [5.41, 5.74) is 1.43. The first-order valence-corrected chi connectivity index (χ1v) is 5.77. The molecule has 13 heavy (non-hydrogen) atoms. The number of benzene rings is 1. The van der Waals surface area contributed by atoms with Crippen molar-refractivity contribution >= 4 is 23.4 Å². The molecule has 3 heteroatoms. The van der Waals surface area contributed by atoms with E-state index in [1.807, 2.05) is 36.0 Å². The van der Waals surface area contributed by atoms with E-state index in [4.69, 9.17) is 16.3 Å². The third-order valence-electron chi connectivity index (χ3n) is 1.97. The molecule has 1 aliphatic heterocycles. The van der Waals surface area contributed by atoms with Crippen LogP contribution >= 0.6 is 23.4 Å². The zero-order valence-electron chi connectivity index (χ0n) is 7.20. The highest BCUT2D eigenvalue weighted by atomic mass is 35.5. The molecule has 1 unspecified atom stereocenters. The zero-order chi connectivity index (χ0) is 9.10. The monoisotopic (exact) mass is 214 g/mol. The van der Waals surface area contributed by atoms with E-state index in [0.717, 1.165) is 18.1 Å². The van der Waals surface area contributed by atoms with Crippen LogP contribution in [0.1, 0.15) is 17.4 Å². The highest BCUT2D eigenvalue weighted by Crippen LogP contribution is 2.34. The molecule has 1 aliphatic rings. The van der Waals surface area contributed by atoms with Crippen LogP contribution in [0.2, 0.25) is 5.02 Å². The summed E-state index contributed by atoms with van der Waals surface area (Å²) in [6.45, 7) is 0.875. The minimum absolute atomic E-state index is 0.214. The van der Waals surface area contributed by atoms with Crippen LogP contribution in [-0.4, -0.2) is 12.4 Å². The van der Waals surface area contributed by atoms with Crippen molar-refractivity contribution in [1.82, 2.24) is 0 Å². The van der Waals surface area contributed by atoms with Gasteiger partial charge in [0.1, 0.15) is 5.44 Å². The van der Waals surface area contributed by atoms with Gasteiger partial charge in [0.25, 0.3) is 0 Å². The fourth-order valence-electron chi connectivity index (χ4n) is 1.30. The number of halogens is 1. The molecule has 2 rings (SSSR count). The largest absolute Gasteiger partial charge is 0.363 e. The van der Waals surface area contributed by atoms with Gasteiger partial charge in [0.05, 0.1) is 0 Å². The minimum atomic E-state index is 0.214. The van der Waals surface area contributed by atoms with E-state index in [2.05, 4.69) is 0 Å². The fourth-order valence-corrected chi connectivity index (χ4v) is 2.47. The van der Waals surface area contributed by atoms with Gasteiger partial charge in [-0.25, -0.2) is 0 Å². The van der Waals surface area contributed by atoms with Gasteiger partial charge in [-0.05, 0) is 29.9 Å². The lowest BCUT2D eigenvalue weighted by Crippen LogP contribution is -2.09. The maximum atomic E-state index is 5.80. The van der Waals surface area contributed by atoms with Crippen molar-refractivity contribution in [2.24, 2.45) is 0 Å². The van der Waals surface area contributed by atoms with Gasteiger partial charge in [0.15, 0.2) is 0 Å². The second kappa shape index (κ2) is 4.36. The van der Waals surface area contributed by atoms with Gasteiger partial charge in [-0.2, -0.15) is 0 Å². The SMILES string of the molecule is Clc1ccc(C2OCCCS2)cc1. The van der Waals surface area contributed by atoms with E-state index in [0.29, 0.717) is 0 Å². The van der Waals surface area contributed by atoms with E-state index >= 15 is 0 Å². The third kappa shape index (κ3) is 2.39. The molecule has 1 aromatic rings. The lowest BCUT2D eigenvalue weighted by atomic mass is 10.2. The summed E-state index contributed by atoms with van der Waals surface area (Å²) < 4.78 is 5.62. The van der Waals surface area contributed by atoms with Crippen LogP contribution in [0, 0.1) is 0 Å². The summed E-state index contributed by atoms with van der Waals surface area (Å²) in [6.07, 6.45) is 1.16. The van der Waals surface area contributed by atoms with E-state index in [1.165, 1.54) is 11.3 Å². The van der Waals surface area contributed by atoms with Crippen molar-refractivity contribution in [3.8, 4) is 0 Å². The molecule has 1 saturated heterocycles. The zero-order valence-corrected chi connectivity index (χ0v) is 8.77. The first kappa shape index (κ1) is 9.38. The smallest absolute Gasteiger partial charge is 0.128 e. The molecule has 1 heterocycles. The van der Waals surface area contributed by atoms with Crippen LogP contribution in [0.15, 0.2) is 24.3 Å². The van der Waals surface area contributed by atoms with Crippen molar-refractivity contribution in [3.63, 3.8) is 0 Å². The summed E-state index contributed by atoms with van der Waals surface area (Å²) in [6, 6.07) is 7.89. The molecule has 0 N–H and O–H groups in total. The van der Waals surface area contributed by atoms with Crippen LogP contribution in [0.5, 0.6) is 0 Å². The Morgan fingerprint density at radius 3 is 2.69 bits per heavy atom. The first-order valence-electron chi connectivity index (χ1n) is 4.35. The maximum Gasteiger partial charge on any atom is 0.128 e. The van der Waals surface area contributed by atoms with Gasteiger partial charge < -0.3 is 4.74 Å². The normalized spacial score (nSPS) is 23.0. The van der Waals surface area contributed by atoms with Crippen LogP contribution in [-0.2, 0) is 4.74 Å². The third-order valence-corrected chi connectivity index (χ3v) is 3.46. The molecule has 1 fully saturated rings. The molecular weight excluding hydrogens is 204 g/mol. The predicted octanol–water partition coefficient (Wildman–Crippen LogP) is 3.49. The second-order valence-electron chi connectivity index (χ2n) is 2.98. The Balaban J connectivity index is 2.10. The molecule has 0 saturated carbocycles. The first-order chi connectivity index (χ1) is 6.36. The minimum Gasteiger partial charge on any atom is -0.363 e. The number of ether oxygens (including phenoxy) is 1. The van der Waals surface area contributed by atoms with Crippen LogP contribution in [0.4, 0.5) is 0 Å². The Morgan fingerprint density at radius 2 is 2.08 bits per heavy atom. The van der Waals surface area contributed by atoms with Crippen LogP contribution in [0.25, 0.3) is 0 Å². The van der Waals surface area contributed by atoms with Gasteiger partial charge >= 0.3 is 0 Å². The lowest BCUT2D eigenvalue weighted by molar-refractivity contribution is 0.106. The van der Waals surface area contributed by atoms with E-state index < -0.39 is 0 Å². The Labute approximate surface area is 87.4 Å². The van der Waals surface area contributed by atoms with E-state index in [9.17, 15) is 0 Å². The van der Waals surface area contributed by atoms with E-state index in [1.54, 1.807) is 0 Å². The Hall–Kier alpha value is -0.180. The summed E-state index contributed by atoms with van der Waals surface area (Å²) in [5, 5.41) is 0.782. The Morgan fingerprint density at radius 1 is 1.31 bits per heavy atom. The number of thioether (sulfide) groups is 1. The maximum absolute atomic E-state index is 5.80. The van der Waals surface area contributed by atoms with Crippen molar-refractivity contribution in [1.29, 1.82) is 0 Å². The topological polar surface area (TPSA) is 9.23 Å². The average Bonchev–Trinajstić information content (AvgIpc) is 2.20. The van der Waals surface area contributed by atoms with Gasteiger partial charge in [-0.1, -0.05) is 23.7 Å². The van der Waals surface area contributed by atoms with Crippen molar-refractivity contribution in [2.75, 3.05) is 12.4 Å². The van der Waals surface area contributed by atoms with Gasteiger partial charge in [0.2, 0.25) is 0 Å². The Bertz CT molecular complexity index is 267. The lowest BCUT2D eigenvalue weighted by Gasteiger charge is -2.22. The Kier molecular flexibility index (Phi) is 3.14. The van der Waals surface area contributed by atoms with Crippen LogP contribution in [0.3, 0.4) is 0 Å². The molecule has 0 radical (unpaired) electrons. The molecule has 0 aromatic heterocycles. The second-order valence-corrected chi connectivity index (χ2v) is 4.58. The number of rotatable bonds is 1. The number of hydrogen-bond acceptors (Lipinski definition) is 2. The summed E-state index contributed by atoms with van der Waals surface area (Å²) in [5.74, 6) is 1.19. The molecule has 0 bridgehead atoms. The molecule has 70 valence electrons. The van der Waals surface area contributed by atoms with Crippen molar-refractivity contribution in [3.05, 3.63) is 34.9 Å². The quantitative estimate of drug-likeness (QED) is 0.708. The summed E-state index contributed by atoms with van der Waals surface area (Å²) in [7, 11) is 0.